The van der Waals surface area contributed by atoms with E-state index >= 15 is 0 Å². The monoisotopic (exact) mass is 267 g/mol. The Morgan fingerprint density at radius 2 is 2.11 bits per heavy atom. The summed E-state index contributed by atoms with van der Waals surface area (Å²) in [4.78, 5) is 12.5. The van der Waals surface area contributed by atoms with Crippen molar-refractivity contribution in [1.29, 1.82) is 0 Å². The highest BCUT2D eigenvalue weighted by atomic mass is 19.1. The highest BCUT2D eigenvalue weighted by molar-refractivity contribution is 5.77. The average molecular weight is 267 g/mol. The van der Waals surface area contributed by atoms with Gasteiger partial charge in [-0.2, -0.15) is 0 Å². The lowest BCUT2D eigenvalue weighted by atomic mass is 9.93. The van der Waals surface area contributed by atoms with E-state index in [9.17, 15) is 14.3 Å². The van der Waals surface area contributed by atoms with Crippen LogP contribution < -0.4 is 4.90 Å². The lowest BCUT2D eigenvalue weighted by molar-refractivity contribution is -0.0572. The van der Waals surface area contributed by atoms with Gasteiger partial charge in [-0.3, -0.25) is 4.79 Å². The van der Waals surface area contributed by atoms with Gasteiger partial charge in [0.15, 0.2) is 0 Å². The molecule has 1 aliphatic rings. The molecule has 1 fully saturated rings. The molecule has 0 unspecified atom stereocenters. The van der Waals surface area contributed by atoms with Crippen molar-refractivity contribution in [2.75, 3.05) is 31.7 Å². The Morgan fingerprint density at radius 3 is 2.74 bits per heavy atom. The number of halogens is 1. The van der Waals surface area contributed by atoms with Crippen molar-refractivity contribution in [2.45, 2.75) is 18.4 Å². The van der Waals surface area contributed by atoms with E-state index in [1.165, 1.54) is 12.1 Å². The lowest BCUT2D eigenvalue weighted by Crippen LogP contribution is -2.45. The topological polar surface area (TPSA) is 49.8 Å². The van der Waals surface area contributed by atoms with E-state index in [1.807, 2.05) is 0 Å². The molecule has 0 radical (unpaired) electrons. The van der Waals surface area contributed by atoms with Gasteiger partial charge in [-0.15, -0.1) is 0 Å². The van der Waals surface area contributed by atoms with E-state index < -0.39 is 11.4 Å². The molecule has 1 aliphatic heterocycles. The minimum atomic E-state index is -0.819. The third-order valence-corrected chi connectivity index (χ3v) is 3.44. The predicted octanol–water partition coefficient (Wildman–Crippen LogP) is 1.62. The van der Waals surface area contributed by atoms with Gasteiger partial charge in [-0.1, -0.05) is 0 Å². The number of carbonyl (C=O) groups is 1. The molecule has 1 aromatic carbocycles. The summed E-state index contributed by atoms with van der Waals surface area (Å²) in [6.45, 7) is 1.46. The summed E-state index contributed by atoms with van der Waals surface area (Å²) in [7, 11) is 1.77. The molecular weight excluding hydrogens is 249 g/mol. The molecule has 1 saturated heterocycles. The zero-order chi connectivity index (χ0) is 13.9. The molecule has 1 heterocycles. The van der Waals surface area contributed by atoms with E-state index in [0.29, 0.717) is 50.1 Å². The van der Waals surface area contributed by atoms with Crippen LogP contribution in [-0.4, -0.2) is 43.8 Å². The first kappa shape index (κ1) is 14.0. The Bertz CT molecular complexity index is 458. The molecule has 0 bridgehead atoms. The second-order valence-electron chi connectivity index (χ2n) is 5.05. The van der Waals surface area contributed by atoms with Crippen LogP contribution in [0.4, 0.5) is 10.1 Å². The second kappa shape index (κ2) is 5.67. The van der Waals surface area contributed by atoms with Crippen LogP contribution in [0.15, 0.2) is 18.2 Å². The zero-order valence-electron chi connectivity index (χ0n) is 10.9. The van der Waals surface area contributed by atoms with E-state index in [2.05, 4.69) is 0 Å². The lowest BCUT2D eigenvalue weighted by Gasteiger charge is -2.36. The van der Waals surface area contributed by atoms with E-state index in [1.54, 1.807) is 18.0 Å². The van der Waals surface area contributed by atoms with Crippen molar-refractivity contribution in [1.82, 2.24) is 0 Å². The third kappa shape index (κ3) is 3.52. The highest BCUT2D eigenvalue weighted by Gasteiger charge is 2.31. The number of likely N-dealkylation sites (N-methyl/N-ethyl adjacent to an activating group) is 1. The van der Waals surface area contributed by atoms with Gasteiger partial charge in [0, 0.05) is 50.9 Å². The number of aldehydes is 1. The van der Waals surface area contributed by atoms with Crippen LogP contribution in [-0.2, 0) is 4.74 Å². The number of rotatable bonds is 4. The molecule has 1 aromatic rings. The maximum atomic E-state index is 13.4. The molecule has 0 aromatic heterocycles. The Kier molecular flexibility index (Phi) is 4.17. The number of nitrogens with zero attached hydrogens (tertiary/aromatic N) is 1. The maximum absolute atomic E-state index is 13.4. The quantitative estimate of drug-likeness (QED) is 0.842. The van der Waals surface area contributed by atoms with Crippen LogP contribution in [0.2, 0.25) is 0 Å². The Hall–Kier alpha value is -1.46. The van der Waals surface area contributed by atoms with E-state index in [0.717, 1.165) is 0 Å². The van der Waals surface area contributed by atoms with Crippen molar-refractivity contribution in [3.63, 3.8) is 0 Å². The van der Waals surface area contributed by atoms with Crippen molar-refractivity contribution in [2.24, 2.45) is 0 Å². The molecule has 0 spiro atoms. The predicted molar refractivity (Wildman–Crippen MR) is 70.1 cm³/mol. The normalized spacial score (nSPS) is 18.1. The summed E-state index contributed by atoms with van der Waals surface area (Å²) in [6, 6.07) is 4.15. The van der Waals surface area contributed by atoms with Crippen LogP contribution in [0.5, 0.6) is 0 Å². The first-order chi connectivity index (χ1) is 9.02. The maximum Gasteiger partial charge on any atom is 0.150 e. The minimum absolute atomic E-state index is 0.292. The number of hydrogen-bond acceptors (Lipinski definition) is 4. The standard InChI is InChI=1S/C14H18FNO3/c1-16(10-14(18)2-4-19-5-3-14)13-7-11(9-17)6-12(15)8-13/h6-9,18H,2-5,10H2,1H3. The molecular formula is C14H18FNO3. The fourth-order valence-corrected chi connectivity index (χ4v) is 2.33. The SMILES string of the molecule is CN(CC1(O)CCOCC1)c1cc(F)cc(C=O)c1. The summed E-state index contributed by atoms with van der Waals surface area (Å²) in [5.41, 5.74) is 0.0588. The van der Waals surface area contributed by atoms with Crippen LogP contribution in [0.1, 0.15) is 23.2 Å². The fourth-order valence-electron chi connectivity index (χ4n) is 2.33. The summed E-state index contributed by atoms with van der Waals surface area (Å²) in [6.07, 6.45) is 1.74. The Labute approximate surface area is 111 Å². The molecule has 104 valence electrons. The molecule has 1 N–H and O–H groups in total. The third-order valence-electron chi connectivity index (χ3n) is 3.44. The smallest absolute Gasteiger partial charge is 0.150 e. The van der Waals surface area contributed by atoms with Gasteiger partial charge in [0.05, 0.1) is 5.60 Å². The van der Waals surface area contributed by atoms with Gasteiger partial charge >= 0.3 is 0 Å². The van der Waals surface area contributed by atoms with Crippen molar-refractivity contribution in [3.05, 3.63) is 29.6 Å². The van der Waals surface area contributed by atoms with Gasteiger partial charge in [0.25, 0.3) is 0 Å². The van der Waals surface area contributed by atoms with Crippen LogP contribution in [0.3, 0.4) is 0 Å². The van der Waals surface area contributed by atoms with Crippen molar-refractivity contribution >= 4 is 12.0 Å². The van der Waals surface area contributed by atoms with Gasteiger partial charge in [0.2, 0.25) is 0 Å². The minimum Gasteiger partial charge on any atom is -0.388 e. The zero-order valence-corrected chi connectivity index (χ0v) is 10.9. The molecule has 0 aliphatic carbocycles. The molecule has 19 heavy (non-hydrogen) atoms. The second-order valence-corrected chi connectivity index (χ2v) is 5.05. The molecule has 2 rings (SSSR count). The van der Waals surface area contributed by atoms with Crippen LogP contribution in [0.25, 0.3) is 0 Å². The highest BCUT2D eigenvalue weighted by Crippen LogP contribution is 2.25. The average Bonchev–Trinajstić information content (AvgIpc) is 2.38. The number of aliphatic hydroxyl groups is 1. The molecule has 0 atom stereocenters. The number of carbonyl (C=O) groups excluding carboxylic acids is 1. The molecule has 0 amide bonds. The van der Waals surface area contributed by atoms with Gasteiger partial charge in [-0.25, -0.2) is 4.39 Å². The summed E-state index contributed by atoms with van der Waals surface area (Å²) in [5.74, 6) is -0.453. The first-order valence-corrected chi connectivity index (χ1v) is 6.29. The van der Waals surface area contributed by atoms with Crippen LogP contribution >= 0.6 is 0 Å². The largest absolute Gasteiger partial charge is 0.388 e. The van der Waals surface area contributed by atoms with Crippen molar-refractivity contribution in [3.8, 4) is 0 Å². The number of benzene rings is 1. The first-order valence-electron chi connectivity index (χ1n) is 6.29. The number of anilines is 1. The number of ether oxygens (including phenoxy) is 1. The number of hydrogen-bond donors (Lipinski definition) is 1. The van der Waals surface area contributed by atoms with Gasteiger partial charge < -0.3 is 14.7 Å². The van der Waals surface area contributed by atoms with E-state index in [-0.39, 0.29) is 0 Å². The van der Waals surface area contributed by atoms with E-state index in [4.69, 9.17) is 4.74 Å². The summed E-state index contributed by atoms with van der Waals surface area (Å²) >= 11 is 0. The summed E-state index contributed by atoms with van der Waals surface area (Å²) in [5, 5.41) is 10.4. The van der Waals surface area contributed by atoms with Crippen LogP contribution in [0, 0.1) is 5.82 Å². The molecule has 0 saturated carbocycles. The Morgan fingerprint density at radius 1 is 1.42 bits per heavy atom. The fraction of sp³-hybridized carbons (Fsp3) is 0.500. The molecule has 4 nitrogen and oxygen atoms in total. The van der Waals surface area contributed by atoms with Gasteiger partial charge in [-0.05, 0) is 18.2 Å². The van der Waals surface area contributed by atoms with Gasteiger partial charge in [0.1, 0.15) is 12.1 Å². The summed E-state index contributed by atoms with van der Waals surface area (Å²) < 4.78 is 18.6. The van der Waals surface area contributed by atoms with Crippen molar-refractivity contribution < 1.29 is 19.0 Å². The Balaban J connectivity index is 2.12. The molecule has 5 heteroatoms.